The van der Waals surface area contributed by atoms with Gasteiger partial charge in [-0.25, -0.2) is 0 Å². The smallest absolute Gasteiger partial charge is 0.434 e. The molecular formula is C54H31BN2O2. The Morgan fingerprint density at radius 3 is 1.66 bits per heavy atom. The van der Waals surface area contributed by atoms with E-state index in [4.69, 9.17) is 9.39 Å². The van der Waals surface area contributed by atoms with E-state index in [1.165, 1.54) is 59.9 Å². The molecule has 14 rings (SSSR count). The number of aromatic nitrogens is 2. The van der Waals surface area contributed by atoms with Gasteiger partial charge in [-0.2, -0.15) is 0 Å². The van der Waals surface area contributed by atoms with Gasteiger partial charge in [0.1, 0.15) is 17.2 Å². The highest BCUT2D eigenvalue weighted by Gasteiger charge is 2.41. The van der Waals surface area contributed by atoms with Crippen molar-refractivity contribution in [2.24, 2.45) is 0 Å². The fraction of sp³-hybridized carbons (Fsp3) is 0. The molecule has 0 saturated heterocycles. The molecule has 0 unspecified atom stereocenters. The van der Waals surface area contributed by atoms with Crippen LogP contribution >= 0.6 is 0 Å². The Morgan fingerprint density at radius 2 is 0.949 bits per heavy atom. The van der Waals surface area contributed by atoms with Gasteiger partial charge in [-0.05, 0) is 101 Å². The SMILES string of the molecule is c1cc(-c2cc3c4c(c2)-c2ccccc2OB4c2ccc(-c4cc5c6ccccc6n6c7ccccc7c(c4)c56)cc2O3)cc(-n2c3ccccc3c3ccccc32)c1. The van der Waals surface area contributed by atoms with Crippen LogP contribution in [0.25, 0.3) is 99.0 Å². The Morgan fingerprint density at radius 1 is 0.373 bits per heavy atom. The highest BCUT2D eigenvalue weighted by molar-refractivity contribution is 6.84. The summed E-state index contributed by atoms with van der Waals surface area (Å²) in [6.07, 6.45) is 0. The second-order valence-electron chi connectivity index (χ2n) is 16.0. The van der Waals surface area contributed by atoms with E-state index in [2.05, 4.69) is 197 Å². The molecule has 3 aromatic heterocycles. The average molecular weight is 751 g/mol. The number of para-hydroxylation sites is 5. The van der Waals surface area contributed by atoms with Crippen molar-refractivity contribution >= 4 is 77.7 Å². The van der Waals surface area contributed by atoms with Crippen LogP contribution < -0.4 is 20.3 Å². The van der Waals surface area contributed by atoms with Crippen LogP contribution in [0.15, 0.2) is 188 Å². The quantitative estimate of drug-likeness (QED) is 0.168. The van der Waals surface area contributed by atoms with Crippen molar-refractivity contribution in [2.75, 3.05) is 0 Å². The Hall–Kier alpha value is -7.76. The molecule has 0 bridgehead atoms. The van der Waals surface area contributed by atoms with E-state index in [9.17, 15) is 0 Å². The monoisotopic (exact) mass is 750 g/mol. The Bertz CT molecular complexity index is 3630. The molecule has 0 radical (unpaired) electrons. The minimum atomic E-state index is -0.296. The van der Waals surface area contributed by atoms with E-state index < -0.39 is 0 Å². The van der Waals surface area contributed by atoms with Gasteiger partial charge in [0.15, 0.2) is 0 Å². The van der Waals surface area contributed by atoms with Gasteiger partial charge in [-0.3, -0.25) is 0 Å². The van der Waals surface area contributed by atoms with Gasteiger partial charge in [0.05, 0.1) is 27.6 Å². The second kappa shape index (κ2) is 11.4. The predicted octanol–water partition coefficient (Wildman–Crippen LogP) is 12.5. The van der Waals surface area contributed by atoms with Crippen LogP contribution in [0.3, 0.4) is 0 Å². The molecule has 0 aliphatic carbocycles. The number of benzene rings is 9. The molecule has 12 aromatic rings. The summed E-state index contributed by atoms with van der Waals surface area (Å²) in [6, 6.07) is 68.0. The van der Waals surface area contributed by atoms with Gasteiger partial charge < -0.3 is 18.4 Å². The number of rotatable bonds is 3. The van der Waals surface area contributed by atoms with Crippen LogP contribution in [0.1, 0.15) is 0 Å². The molecule has 0 saturated carbocycles. The molecule has 2 aliphatic rings. The van der Waals surface area contributed by atoms with Crippen LogP contribution in [0.2, 0.25) is 0 Å². The molecule has 4 nitrogen and oxygen atoms in total. The summed E-state index contributed by atoms with van der Waals surface area (Å²) in [5.74, 6) is 2.53. The van der Waals surface area contributed by atoms with E-state index in [0.717, 1.165) is 67.2 Å². The number of hydrogen-bond acceptors (Lipinski definition) is 2. The normalized spacial score (nSPS) is 13.0. The second-order valence-corrected chi connectivity index (χ2v) is 16.0. The number of nitrogens with zero attached hydrogens (tertiary/aromatic N) is 2. The zero-order chi connectivity index (χ0) is 38.3. The molecule has 5 heteroatoms. The largest absolute Gasteiger partial charge is 0.551 e. The molecule has 0 N–H and O–H groups in total. The molecule has 5 heterocycles. The van der Waals surface area contributed by atoms with Crippen LogP contribution in [0.5, 0.6) is 17.2 Å². The van der Waals surface area contributed by atoms with Crippen LogP contribution in [0, 0.1) is 0 Å². The number of hydrogen-bond donors (Lipinski definition) is 0. The van der Waals surface area contributed by atoms with Gasteiger partial charge in [0.2, 0.25) is 0 Å². The molecule has 0 fully saturated rings. The Balaban J connectivity index is 0.939. The molecule has 0 amide bonds. The molecular weight excluding hydrogens is 719 g/mol. The van der Waals surface area contributed by atoms with Crippen molar-refractivity contribution in [1.29, 1.82) is 0 Å². The van der Waals surface area contributed by atoms with Gasteiger partial charge in [0, 0.05) is 54.5 Å². The summed E-state index contributed by atoms with van der Waals surface area (Å²) < 4.78 is 18.8. The van der Waals surface area contributed by atoms with Gasteiger partial charge in [-0.1, -0.05) is 115 Å². The van der Waals surface area contributed by atoms with E-state index >= 15 is 0 Å². The van der Waals surface area contributed by atoms with Gasteiger partial charge >= 0.3 is 6.92 Å². The standard InChI is InChI=1S/C54H31BN2O2/c1-6-19-46-37(14-1)38-15-2-7-20-47(38)56(46)36-13-11-12-32(26-36)35-27-42-41-18-5-10-23-50(41)59-55-45-25-24-33(30-51(45)58-52(31-35)53(42)55)34-28-43-39-16-3-8-21-48(39)57-49-22-9-4-17-40(49)44(29-34)54(43)57/h1-31H. The minimum absolute atomic E-state index is 0.296. The third-order valence-corrected chi connectivity index (χ3v) is 12.9. The maximum Gasteiger partial charge on any atom is 0.434 e. The lowest BCUT2D eigenvalue weighted by Gasteiger charge is -2.33. The molecule has 0 spiro atoms. The molecule has 59 heavy (non-hydrogen) atoms. The molecule has 2 aliphatic heterocycles. The maximum absolute atomic E-state index is 7.06. The highest BCUT2D eigenvalue weighted by Crippen LogP contribution is 2.45. The van der Waals surface area contributed by atoms with Crippen molar-refractivity contribution in [1.82, 2.24) is 8.97 Å². The van der Waals surface area contributed by atoms with Crippen molar-refractivity contribution in [3.8, 4) is 56.3 Å². The zero-order valence-corrected chi connectivity index (χ0v) is 31.7. The Kier molecular flexibility index (Phi) is 6.07. The van der Waals surface area contributed by atoms with E-state index in [-0.39, 0.29) is 6.92 Å². The molecule has 272 valence electrons. The molecule has 0 atom stereocenters. The lowest BCUT2D eigenvalue weighted by molar-refractivity contribution is 0.480. The first-order valence-corrected chi connectivity index (χ1v) is 20.3. The van der Waals surface area contributed by atoms with Crippen molar-refractivity contribution in [3.05, 3.63) is 188 Å². The summed E-state index contributed by atoms with van der Waals surface area (Å²) in [5, 5.41) is 7.55. The fourth-order valence-corrected chi connectivity index (χ4v) is 10.3. The average Bonchev–Trinajstić information content (AvgIpc) is 3.94. The van der Waals surface area contributed by atoms with Crippen molar-refractivity contribution in [3.63, 3.8) is 0 Å². The van der Waals surface area contributed by atoms with Gasteiger partial charge in [-0.15, -0.1) is 0 Å². The lowest BCUT2D eigenvalue weighted by atomic mass is 9.50. The summed E-state index contributed by atoms with van der Waals surface area (Å²) in [4.78, 5) is 0. The highest BCUT2D eigenvalue weighted by atomic mass is 16.5. The van der Waals surface area contributed by atoms with Crippen LogP contribution in [-0.2, 0) is 0 Å². The predicted molar refractivity (Wildman–Crippen MR) is 244 cm³/mol. The topological polar surface area (TPSA) is 27.8 Å². The van der Waals surface area contributed by atoms with Gasteiger partial charge in [0.25, 0.3) is 0 Å². The maximum atomic E-state index is 7.06. The fourth-order valence-electron chi connectivity index (χ4n) is 10.3. The van der Waals surface area contributed by atoms with Crippen LogP contribution in [0.4, 0.5) is 0 Å². The van der Waals surface area contributed by atoms with Crippen molar-refractivity contribution < 1.29 is 9.39 Å². The molecule has 9 aromatic carbocycles. The Labute approximate surface area is 339 Å². The summed E-state index contributed by atoms with van der Waals surface area (Å²) in [7, 11) is 0. The third-order valence-electron chi connectivity index (χ3n) is 12.9. The minimum Gasteiger partial charge on any atom is -0.551 e. The number of fused-ring (bicyclic) bond motifs is 13. The van der Waals surface area contributed by atoms with E-state index in [0.29, 0.717) is 0 Å². The number of ether oxygens (including phenoxy) is 1. The summed E-state index contributed by atoms with van der Waals surface area (Å²) in [6.45, 7) is -0.296. The van der Waals surface area contributed by atoms with Crippen LogP contribution in [-0.4, -0.2) is 15.9 Å². The van der Waals surface area contributed by atoms with E-state index in [1.54, 1.807) is 0 Å². The third kappa shape index (κ3) is 4.23. The van der Waals surface area contributed by atoms with E-state index in [1.807, 2.05) is 0 Å². The first kappa shape index (κ1) is 31.3. The zero-order valence-electron chi connectivity index (χ0n) is 31.7. The first-order chi connectivity index (χ1) is 29.2. The van der Waals surface area contributed by atoms with Crippen molar-refractivity contribution in [2.45, 2.75) is 0 Å². The summed E-state index contributed by atoms with van der Waals surface area (Å²) >= 11 is 0. The lowest BCUT2D eigenvalue weighted by Crippen LogP contribution is -2.53. The summed E-state index contributed by atoms with van der Waals surface area (Å²) in [5.41, 5.74) is 16.1. The first-order valence-electron chi connectivity index (χ1n) is 20.3.